The van der Waals surface area contributed by atoms with E-state index in [-0.39, 0.29) is 48.8 Å². The van der Waals surface area contributed by atoms with E-state index in [4.69, 9.17) is 23.7 Å². The molecule has 3 aliphatic heterocycles. The van der Waals surface area contributed by atoms with Gasteiger partial charge in [0.25, 0.3) is 11.7 Å². The van der Waals surface area contributed by atoms with E-state index in [0.29, 0.717) is 64.2 Å². The maximum atomic E-state index is 14.5. The first kappa shape index (κ1) is 45.2. The third-order valence-corrected chi connectivity index (χ3v) is 12.7. The molecular weight excluding hydrogens is 709 g/mol. The summed E-state index contributed by atoms with van der Waals surface area (Å²) in [7, 11) is 4.61. The van der Waals surface area contributed by atoms with Gasteiger partial charge in [0, 0.05) is 46.1 Å². The van der Waals surface area contributed by atoms with Gasteiger partial charge in [-0.1, -0.05) is 45.4 Å². The van der Waals surface area contributed by atoms with Crippen molar-refractivity contribution in [1.29, 1.82) is 0 Å². The SMILES string of the molecule is CCC1C=C(C)CC(C)CC(OC)C2OC(O)(C(=O)C(=O)N3CCCCC3C(=O)OC(C(C)=CC3CCC(F)C(OC)C3)C(C)CCC1=O)C(C)CC2OC. The summed E-state index contributed by atoms with van der Waals surface area (Å²) in [5.74, 6) is -6.37. The zero-order chi connectivity index (χ0) is 40.6. The fraction of sp³-hybridized carbons (Fsp3) is 0.814. The van der Waals surface area contributed by atoms with Crippen molar-refractivity contribution in [3.63, 3.8) is 0 Å². The molecule has 0 spiro atoms. The van der Waals surface area contributed by atoms with Gasteiger partial charge in [-0.3, -0.25) is 14.4 Å². The van der Waals surface area contributed by atoms with E-state index < -0.39 is 72.1 Å². The van der Waals surface area contributed by atoms with Crippen LogP contribution in [0.1, 0.15) is 119 Å². The van der Waals surface area contributed by atoms with E-state index in [1.807, 2.05) is 33.8 Å². The maximum absolute atomic E-state index is 14.5. The van der Waals surface area contributed by atoms with Crippen molar-refractivity contribution < 1.29 is 52.4 Å². The smallest absolute Gasteiger partial charge is 0.329 e. The van der Waals surface area contributed by atoms with E-state index in [9.17, 15) is 28.7 Å². The molecule has 55 heavy (non-hydrogen) atoms. The second-order valence-electron chi connectivity index (χ2n) is 17.0. The maximum Gasteiger partial charge on any atom is 0.329 e. The first-order valence-corrected chi connectivity index (χ1v) is 20.6. The number of piperidine rings is 1. The molecule has 0 aromatic carbocycles. The van der Waals surface area contributed by atoms with Gasteiger partial charge in [-0.2, -0.15) is 0 Å². The Bertz CT molecular complexity index is 1400. The second kappa shape index (κ2) is 20.3. The molecule has 1 aliphatic carbocycles. The number of carbonyl (C=O) groups is 4. The highest BCUT2D eigenvalue weighted by Crippen LogP contribution is 2.39. The van der Waals surface area contributed by atoms with Crippen LogP contribution in [0.5, 0.6) is 0 Å². The van der Waals surface area contributed by atoms with Gasteiger partial charge < -0.3 is 33.7 Å². The van der Waals surface area contributed by atoms with Crippen LogP contribution >= 0.6 is 0 Å². The molecule has 1 amide bonds. The van der Waals surface area contributed by atoms with Gasteiger partial charge in [0.05, 0.1) is 18.3 Å². The predicted molar refractivity (Wildman–Crippen MR) is 206 cm³/mol. The van der Waals surface area contributed by atoms with E-state index in [1.54, 1.807) is 21.1 Å². The third-order valence-electron chi connectivity index (χ3n) is 12.7. The van der Waals surface area contributed by atoms with Gasteiger partial charge in [0.1, 0.15) is 30.2 Å². The molecule has 3 fully saturated rings. The van der Waals surface area contributed by atoms with Crippen LogP contribution in [0.4, 0.5) is 4.39 Å². The number of Topliss-reactive ketones (excluding diaryl/α,β-unsaturated/α-hetero) is 2. The topological polar surface area (TPSA) is 138 Å². The summed E-state index contributed by atoms with van der Waals surface area (Å²) >= 11 is 0. The number of rotatable bonds is 6. The average molecular weight is 778 g/mol. The number of hydrogen-bond acceptors (Lipinski definition) is 10. The Morgan fingerprint density at radius 3 is 2.29 bits per heavy atom. The first-order chi connectivity index (χ1) is 26.1. The van der Waals surface area contributed by atoms with Crippen molar-refractivity contribution in [2.45, 2.75) is 167 Å². The zero-order valence-corrected chi connectivity index (χ0v) is 34.7. The lowest BCUT2D eigenvalue weighted by Gasteiger charge is -2.47. The number of allylic oxidation sites excluding steroid dienone is 3. The van der Waals surface area contributed by atoms with Gasteiger partial charge in [-0.25, -0.2) is 9.18 Å². The molecule has 13 unspecified atom stereocenters. The lowest BCUT2D eigenvalue weighted by Crippen LogP contribution is -2.64. The van der Waals surface area contributed by atoms with Crippen LogP contribution in [0.25, 0.3) is 0 Å². The number of esters is 1. The molecule has 0 aromatic heterocycles. The van der Waals surface area contributed by atoms with Crippen LogP contribution in [-0.4, -0.2) is 110 Å². The molecule has 2 saturated heterocycles. The minimum absolute atomic E-state index is 0.0115. The quantitative estimate of drug-likeness (QED) is 0.181. The van der Waals surface area contributed by atoms with Crippen LogP contribution < -0.4 is 0 Å². The number of carbonyl (C=O) groups excluding carboxylic acids is 4. The summed E-state index contributed by atoms with van der Waals surface area (Å²) in [6.45, 7) is 11.7. The number of fused-ring (bicyclic) bond motifs is 3. The van der Waals surface area contributed by atoms with Crippen molar-refractivity contribution in [3.05, 3.63) is 23.3 Å². The summed E-state index contributed by atoms with van der Waals surface area (Å²) in [6.07, 6.45) is 5.69. The van der Waals surface area contributed by atoms with Crippen molar-refractivity contribution in [1.82, 2.24) is 4.90 Å². The molecule has 11 nitrogen and oxygen atoms in total. The summed E-state index contributed by atoms with van der Waals surface area (Å²) < 4.78 is 44.2. The van der Waals surface area contributed by atoms with Crippen molar-refractivity contribution in [2.75, 3.05) is 27.9 Å². The fourth-order valence-electron chi connectivity index (χ4n) is 9.37. The summed E-state index contributed by atoms with van der Waals surface area (Å²) in [6, 6.07) is -1.06. The lowest BCUT2D eigenvalue weighted by molar-refractivity contribution is -0.302. The Morgan fingerprint density at radius 1 is 0.964 bits per heavy atom. The minimum atomic E-state index is -2.47. The molecule has 3 heterocycles. The Kier molecular flexibility index (Phi) is 16.6. The Balaban J connectivity index is 1.73. The van der Waals surface area contributed by atoms with Gasteiger partial charge >= 0.3 is 5.97 Å². The molecule has 0 radical (unpaired) electrons. The van der Waals surface area contributed by atoms with Crippen LogP contribution in [0, 0.1) is 29.6 Å². The number of amides is 1. The number of cyclic esters (lactones) is 1. The van der Waals surface area contributed by atoms with Gasteiger partial charge in [0.15, 0.2) is 0 Å². The number of ketones is 2. The lowest BCUT2D eigenvalue weighted by atomic mass is 9.82. The van der Waals surface area contributed by atoms with Crippen molar-refractivity contribution in [2.24, 2.45) is 29.6 Å². The van der Waals surface area contributed by atoms with Crippen molar-refractivity contribution >= 4 is 23.4 Å². The number of halogens is 1. The normalized spacial score (nSPS) is 39.8. The predicted octanol–water partition coefficient (Wildman–Crippen LogP) is 6.48. The molecule has 312 valence electrons. The molecule has 4 aliphatic rings. The number of ether oxygens (including phenoxy) is 5. The van der Waals surface area contributed by atoms with Gasteiger partial charge in [0.2, 0.25) is 5.79 Å². The monoisotopic (exact) mass is 777 g/mol. The van der Waals surface area contributed by atoms with E-state index >= 15 is 0 Å². The molecule has 1 N–H and O–H groups in total. The molecule has 2 bridgehead atoms. The van der Waals surface area contributed by atoms with Crippen LogP contribution in [-0.2, 0) is 42.9 Å². The van der Waals surface area contributed by atoms with Gasteiger partial charge in [-0.15, -0.1) is 0 Å². The van der Waals surface area contributed by atoms with Crippen molar-refractivity contribution in [3.8, 4) is 0 Å². The molecule has 1 saturated carbocycles. The zero-order valence-electron chi connectivity index (χ0n) is 34.7. The van der Waals surface area contributed by atoms with Gasteiger partial charge in [-0.05, 0) is 108 Å². The van der Waals surface area contributed by atoms with Crippen LogP contribution in [0.2, 0.25) is 0 Å². The number of nitrogens with zero attached hydrogens (tertiary/aromatic N) is 1. The largest absolute Gasteiger partial charge is 0.456 e. The molecule has 12 heteroatoms. The van der Waals surface area contributed by atoms with E-state index in [0.717, 1.165) is 11.1 Å². The number of hydrogen-bond donors (Lipinski definition) is 1. The highest BCUT2D eigenvalue weighted by atomic mass is 19.1. The molecular formula is C43H68FNO10. The Morgan fingerprint density at radius 2 is 1.64 bits per heavy atom. The molecule has 4 rings (SSSR count). The molecule has 0 aromatic rings. The standard InChI is InChI=1S/C43H68FNO10/c1-10-31-20-25(2)19-26(3)21-36(52-8)39-37(53-9)23-29(6)43(50,55-39)40(47)41(48)45-18-12-11-13-33(45)42(49)54-38(27(4)14-17-34(31)46)28(5)22-30-15-16-32(44)35(24-30)51-7/h20,22,26-27,29-33,35-39,50H,10-19,21,23-24H2,1-9H3. The minimum Gasteiger partial charge on any atom is -0.456 e. The number of aliphatic hydroxyl groups is 1. The molecule has 13 atom stereocenters. The first-order valence-electron chi connectivity index (χ1n) is 20.6. The fourth-order valence-corrected chi connectivity index (χ4v) is 9.37. The Labute approximate surface area is 328 Å². The second-order valence-corrected chi connectivity index (χ2v) is 17.0. The summed E-state index contributed by atoms with van der Waals surface area (Å²) in [5.41, 5.74) is 1.86. The Hall–Kier alpha value is -2.51. The highest BCUT2D eigenvalue weighted by Gasteiger charge is 2.56. The summed E-state index contributed by atoms with van der Waals surface area (Å²) in [5, 5.41) is 12.0. The van der Waals surface area contributed by atoms with Crippen LogP contribution in [0.3, 0.4) is 0 Å². The number of alkyl halides is 1. The highest BCUT2D eigenvalue weighted by molar-refractivity contribution is 6.39. The summed E-state index contributed by atoms with van der Waals surface area (Å²) in [4.78, 5) is 57.5. The average Bonchev–Trinajstić information content (AvgIpc) is 3.17. The van der Waals surface area contributed by atoms with E-state index in [1.165, 1.54) is 12.0 Å². The number of methoxy groups -OCH3 is 3. The van der Waals surface area contributed by atoms with Crippen LogP contribution in [0.15, 0.2) is 23.3 Å². The van der Waals surface area contributed by atoms with E-state index in [2.05, 4.69) is 13.0 Å². The third kappa shape index (κ3) is 10.9.